The van der Waals surface area contributed by atoms with Gasteiger partial charge in [-0.2, -0.15) is 0 Å². The van der Waals surface area contributed by atoms with E-state index in [2.05, 4.69) is 88.9 Å². The quantitative estimate of drug-likeness (QED) is 0.0168. The van der Waals surface area contributed by atoms with Crippen LogP contribution in [-0.2, 0) is 41.8 Å². The Morgan fingerprint density at radius 1 is 0.517 bits per heavy atom. The van der Waals surface area contributed by atoms with Gasteiger partial charge in [-0.05, 0) is 89.9 Å². The number of hydrogen-bond donors (Lipinski definition) is 5. The number of carbonyl (C=O) groups excluding carboxylic acids is 2. The van der Waals surface area contributed by atoms with E-state index in [1.54, 1.807) is 0 Å². The van der Waals surface area contributed by atoms with Crippen LogP contribution in [0.5, 0.6) is 0 Å². The van der Waals surface area contributed by atoms with Crippen LogP contribution >= 0.6 is 15.6 Å². The summed E-state index contributed by atoms with van der Waals surface area (Å²) in [6.07, 6.45) is 43.1. The van der Waals surface area contributed by atoms with Crippen molar-refractivity contribution in [3.8, 4) is 0 Å². The molecule has 16 heteroatoms. The largest absolute Gasteiger partial charge is 0.472 e. The fourth-order valence-corrected chi connectivity index (χ4v) is 6.25. The first-order valence-corrected chi connectivity index (χ1v) is 24.4. The zero-order valence-corrected chi connectivity index (χ0v) is 37.5. The summed E-state index contributed by atoms with van der Waals surface area (Å²) >= 11 is 0. The number of phosphoric ester groups is 2. The summed E-state index contributed by atoms with van der Waals surface area (Å²) in [6, 6.07) is 0. The van der Waals surface area contributed by atoms with Gasteiger partial charge in [-0.15, -0.1) is 0 Å². The average Bonchev–Trinajstić information content (AvgIpc) is 3.21. The second-order valence-corrected chi connectivity index (χ2v) is 16.6. The molecule has 0 aliphatic carbocycles. The van der Waals surface area contributed by atoms with Crippen LogP contribution in [0, 0.1) is 0 Å². The van der Waals surface area contributed by atoms with Gasteiger partial charge in [-0.3, -0.25) is 23.2 Å². The monoisotopic (exact) mass is 888 g/mol. The Hall–Kier alpha value is -2.74. The number of esters is 2. The Morgan fingerprint density at radius 3 is 1.48 bits per heavy atom. The molecule has 0 aromatic carbocycles. The van der Waals surface area contributed by atoms with Gasteiger partial charge in [0.2, 0.25) is 0 Å². The van der Waals surface area contributed by atoms with Gasteiger partial charge < -0.3 is 34.4 Å². The summed E-state index contributed by atoms with van der Waals surface area (Å²) in [5.41, 5.74) is 0. The van der Waals surface area contributed by atoms with Crippen molar-refractivity contribution >= 4 is 27.6 Å². The number of rotatable bonds is 40. The highest BCUT2D eigenvalue weighted by Crippen LogP contribution is 2.43. The Morgan fingerprint density at radius 2 is 0.950 bits per heavy atom. The predicted octanol–water partition coefficient (Wildman–Crippen LogP) is 9.75. The molecule has 0 fully saturated rings. The second kappa shape index (κ2) is 40.3. The van der Waals surface area contributed by atoms with Gasteiger partial charge >= 0.3 is 27.6 Å². The number of unbranched alkanes of at least 4 members (excludes halogenated alkanes) is 9. The molecule has 344 valence electrons. The number of aliphatic hydroxyl groups is 2. The molecule has 0 aromatic rings. The SMILES string of the molecule is CC/C=C\C/C=C\C/C=C\CCCCCCCC(=O)O[C@H](COC(=O)CCC/C=C\C/C=C\C/C=C\C/C=C\CCCCCO)COP(=O)(O)OC[C@@H](O)COP(=O)(O)O. The van der Waals surface area contributed by atoms with Crippen LogP contribution in [0.15, 0.2) is 85.1 Å². The third kappa shape index (κ3) is 43.4. The fourth-order valence-electron chi connectivity index (χ4n) is 5.10. The minimum absolute atomic E-state index is 0.0901. The smallest absolute Gasteiger partial charge is 0.462 e. The fraction of sp³-hybridized carbons (Fsp3) is 0.636. The van der Waals surface area contributed by atoms with Crippen molar-refractivity contribution in [1.29, 1.82) is 0 Å². The van der Waals surface area contributed by atoms with E-state index < -0.39 is 66.2 Å². The van der Waals surface area contributed by atoms with Crippen molar-refractivity contribution < 1.29 is 66.7 Å². The lowest BCUT2D eigenvalue weighted by molar-refractivity contribution is -0.161. The molecule has 5 N–H and O–H groups in total. The Bertz CT molecular complexity index is 1380. The van der Waals surface area contributed by atoms with E-state index >= 15 is 0 Å². The highest BCUT2D eigenvalue weighted by molar-refractivity contribution is 7.47. The van der Waals surface area contributed by atoms with Crippen molar-refractivity contribution in [1.82, 2.24) is 0 Å². The van der Waals surface area contributed by atoms with E-state index in [-0.39, 0.29) is 19.4 Å². The number of ether oxygens (including phenoxy) is 2. The number of aliphatic hydroxyl groups excluding tert-OH is 2. The van der Waals surface area contributed by atoms with E-state index in [0.717, 1.165) is 96.3 Å². The van der Waals surface area contributed by atoms with Crippen molar-refractivity contribution in [3.63, 3.8) is 0 Å². The third-order valence-corrected chi connectivity index (χ3v) is 9.75. The van der Waals surface area contributed by atoms with Crippen molar-refractivity contribution in [3.05, 3.63) is 85.1 Å². The standard InChI is InChI=1S/C44H74O14P2/c1-2-3-4-5-6-7-8-9-13-17-20-23-26-29-32-35-44(48)58-42(40-57-60(52,53)56-38-41(46)37-55-59(49,50)51)39-54-43(47)34-31-28-25-22-19-16-14-11-10-12-15-18-21-24-27-30-33-36-45/h3-4,6-7,9-10,12-14,16,18,21-22,25,41-42,45-46H,2,5,8,11,15,17,19-20,23-24,26-40H2,1H3,(H,52,53)(H2,49,50,51)/b4-3-,7-6-,12-10-,13-9-,16-14-,21-18-,25-22-/t41-,42+/m0/s1. The van der Waals surface area contributed by atoms with Crippen molar-refractivity contribution in [2.45, 2.75) is 148 Å². The molecule has 3 atom stereocenters. The molecule has 0 aromatic heterocycles. The molecule has 0 spiro atoms. The van der Waals surface area contributed by atoms with Crippen LogP contribution < -0.4 is 0 Å². The van der Waals surface area contributed by atoms with Gasteiger partial charge in [-0.1, -0.05) is 118 Å². The van der Waals surface area contributed by atoms with Crippen LogP contribution in [0.25, 0.3) is 0 Å². The molecule has 0 saturated heterocycles. The minimum Gasteiger partial charge on any atom is -0.462 e. The van der Waals surface area contributed by atoms with Gasteiger partial charge in [-0.25, -0.2) is 9.13 Å². The molecule has 0 aliphatic rings. The molecular formula is C44H74O14P2. The number of hydrogen-bond acceptors (Lipinski definition) is 11. The van der Waals surface area contributed by atoms with Gasteiger partial charge in [0.25, 0.3) is 0 Å². The first-order chi connectivity index (χ1) is 28.9. The van der Waals surface area contributed by atoms with Crippen LogP contribution in [0.1, 0.15) is 135 Å². The lowest BCUT2D eigenvalue weighted by Crippen LogP contribution is -2.30. The van der Waals surface area contributed by atoms with Crippen molar-refractivity contribution in [2.75, 3.05) is 33.0 Å². The molecule has 0 radical (unpaired) electrons. The molecule has 14 nitrogen and oxygen atoms in total. The maximum Gasteiger partial charge on any atom is 0.472 e. The molecule has 0 amide bonds. The molecule has 1 unspecified atom stereocenters. The first-order valence-electron chi connectivity index (χ1n) is 21.4. The third-order valence-electron chi connectivity index (χ3n) is 8.31. The molecule has 0 saturated carbocycles. The average molecular weight is 889 g/mol. The highest BCUT2D eigenvalue weighted by atomic mass is 31.2. The topological polar surface area (TPSA) is 216 Å². The van der Waals surface area contributed by atoms with Gasteiger partial charge in [0.1, 0.15) is 12.7 Å². The normalized spacial score (nSPS) is 14.8. The maximum atomic E-state index is 12.6. The molecular weight excluding hydrogens is 814 g/mol. The lowest BCUT2D eigenvalue weighted by Gasteiger charge is -2.20. The van der Waals surface area contributed by atoms with E-state index in [4.69, 9.17) is 28.9 Å². The number of carbonyl (C=O) groups is 2. The van der Waals surface area contributed by atoms with Gasteiger partial charge in [0.15, 0.2) is 6.10 Å². The minimum atomic E-state index is -4.88. The molecule has 0 heterocycles. The summed E-state index contributed by atoms with van der Waals surface area (Å²) in [6.45, 7) is -0.452. The zero-order valence-electron chi connectivity index (χ0n) is 35.7. The maximum absolute atomic E-state index is 12.6. The number of allylic oxidation sites excluding steroid dienone is 14. The van der Waals surface area contributed by atoms with Gasteiger partial charge in [0.05, 0.1) is 19.8 Å². The lowest BCUT2D eigenvalue weighted by atomic mass is 10.1. The Labute approximate surface area is 359 Å². The Balaban J connectivity index is 4.65. The predicted molar refractivity (Wildman–Crippen MR) is 236 cm³/mol. The highest BCUT2D eigenvalue weighted by Gasteiger charge is 2.28. The van der Waals surface area contributed by atoms with Crippen LogP contribution in [0.4, 0.5) is 0 Å². The van der Waals surface area contributed by atoms with Crippen molar-refractivity contribution in [2.24, 2.45) is 0 Å². The summed E-state index contributed by atoms with van der Waals surface area (Å²) in [5.74, 6) is -1.14. The molecule has 0 rings (SSSR count). The van der Waals surface area contributed by atoms with E-state index in [9.17, 15) is 28.7 Å². The molecule has 0 aliphatic heterocycles. The molecule has 0 bridgehead atoms. The summed E-state index contributed by atoms with van der Waals surface area (Å²) in [4.78, 5) is 52.6. The van der Waals surface area contributed by atoms with E-state index in [0.29, 0.717) is 19.3 Å². The van der Waals surface area contributed by atoms with Crippen LogP contribution in [0.2, 0.25) is 0 Å². The zero-order chi connectivity index (χ0) is 44.4. The molecule has 60 heavy (non-hydrogen) atoms. The summed E-state index contributed by atoms with van der Waals surface area (Å²) in [5, 5.41) is 18.5. The van der Waals surface area contributed by atoms with E-state index in [1.807, 2.05) is 12.2 Å². The summed E-state index contributed by atoms with van der Waals surface area (Å²) in [7, 11) is -9.71. The number of phosphoric acid groups is 2. The second-order valence-electron chi connectivity index (χ2n) is 14.0. The van der Waals surface area contributed by atoms with Gasteiger partial charge in [0, 0.05) is 19.4 Å². The summed E-state index contributed by atoms with van der Waals surface area (Å²) < 4.78 is 47.7. The van der Waals surface area contributed by atoms with Crippen LogP contribution in [-0.4, -0.2) is 82.1 Å². The first kappa shape index (κ1) is 57.3. The Kier molecular flexibility index (Phi) is 38.5. The van der Waals surface area contributed by atoms with E-state index in [1.165, 1.54) is 0 Å². The van der Waals surface area contributed by atoms with Crippen LogP contribution in [0.3, 0.4) is 0 Å².